The maximum absolute atomic E-state index is 5.13. The summed E-state index contributed by atoms with van der Waals surface area (Å²) in [6, 6.07) is 0.755. The zero-order valence-electron chi connectivity index (χ0n) is 9.25. The predicted molar refractivity (Wildman–Crippen MR) is 55.9 cm³/mol. The van der Waals surface area contributed by atoms with Gasteiger partial charge in [-0.05, 0) is 31.7 Å². The third-order valence-electron chi connectivity index (χ3n) is 3.10. The predicted octanol–water partition coefficient (Wildman–Crippen LogP) is 2.14. The monoisotopic (exact) mass is 185 g/mol. The number of hydrogen-bond acceptors (Lipinski definition) is 2. The molecule has 0 aromatic rings. The first-order valence-corrected chi connectivity index (χ1v) is 5.51. The largest absolute Gasteiger partial charge is 0.385 e. The summed E-state index contributed by atoms with van der Waals surface area (Å²) in [5.41, 5.74) is 0. The lowest BCUT2D eigenvalue weighted by Crippen LogP contribution is -2.33. The first-order valence-electron chi connectivity index (χ1n) is 5.51. The van der Waals surface area contributed by atoms with Gasteiger partial charge in [0.1, 0.15) is 0 Å². The molecule has 0 spiro atoms. The van der Waals surface area contributed by atoms with Gasteiger partial charge in [0.15, 0.2) is 0 Å². The van der Waals surface area contributed by atoms with Crippen molar-refractivity contribution in [3.63, 3.8) is 0 Å². The molecule has 1 aliphatic heterocycles. The number of nitrogens with zero attached hydrogens (tertiary/aromatic N) is 1. The molecule has 13 heavy (non-hydrogen) atoms. The van der Waals surface area contributed by atoms with Gasteiger partial charge in [-0.2, -0.15) is 0 Å². The fourth-order valence-electron chi connectivity index (χ4n) is 2.20. The topological polar surface area (TPSA) is 12.5 Å². The van der Waals surface area contributed by atoms with E-state index in [-0.39, 0.29) is 0 Å². The molecule has 0 amide bonds. The van der Waals surface area contributed by atoms with E-state index in [2.05, 4.69) is 18.7 Å². The molecule has 0 aliphatic carbocycles. The molecule has 0 saturated carbocycles. The number of methoxy groups -OCH3 is 1. The second-order valence-corrected chi connectivity index (χ2v) is 4.23. The van der Waals surface area contributed by atoms with E-state index in [0.717, 1.165) is 18.6 Å². The molecular weight excluding hydrogens is 162 g/mol. The Labute approximate surface area is 82.3 Å². The van der Waals surface area contributed by atoms with Crippen LogP contribution in [-0.2, 0) is 4.74 Å². The van der Waals surface area contributed by atoms with E-state index >= 15 is 0 Å². The van der Waals surface area contributed by atoms with Crippen molar-refractivity contribution in [3.05, 3.63) is 0 Å². The molecule has 2 nitrogen and oxygen atoms in total. The molecule has 0 bridgehead atoms. The summed E-state index contributed by atoms with van der Waals surface area (Å²) < 4.78 is 5.13. The molecule has 1 aliphatic rings. The molecule has 1 fully saturated rings. The highest BCUT2D eigenvalue weighted by atomic mass is 16.5. The Balaban J connectivity index is 2.29. The Morgan fingerprint density at radius 3 is 2.77 bits per heavy atom. The Morgan fingerprint density at radius 2 is 2.31 bits per heavy atom. The van der Waals surface area contributed by atoms with Crippen LogP contribution in [0.1, 0.15) is 33.1 Å². The SMILES string of the molecule is CCC(CCOC)N1CC[C@@H](C)C1. The molecule has 0 aromatic heterocycles. The Hall–Kier alpha value is -0.0800. The van der Waals surface area contributed by atoms with Gasteiger partial charge in [-0.1, -0.05) is 13.8 Å². The van der Waals surface area contributed by atoms with E-state index in [1.165, 1.54) is 32.4 Å². The third-order valence-corrected chi connectivity index (χ3v) is 3.10. The van der Waals surface area contributed by atoms with Crippen LogP contribution in [0.2, 0.25) is 0 Å². The van der Waals surface area contributed by atoms with Crippen molar-refractivity contribution in [2.75, 3.05) is 26.8 Å². The average molecular weight is 185 g/mol. The third kappa shape index (κ3) is 3.28. The first-order chi connectivity index (χ1) is 6.27. The maximum Gasteiger partial charge on any atom is 0.0477 e. The lowest BCUT2D eigenvalue weighted by Gasteiger charge is -2.26. The summed E-state index contributed by atoms with van der Waals surface area (Å²) >= 11 is 0. The van der Waals surface area contributed by atoms with Crippen LogP contribution in [-0.4, -0.2) is 37.7 Å². The van der Waals surface area contributed by atoms with Gasteiger partial charge in [0.25, 0.3) is 0 Å². The van der Waals surface area contributed by atoms with Gasteiger partial charge in [0, 0.05) is 26.3 Å². The van der Waals surface area contributed by atoms with E-state index in [1.54, 1.807) is 7.11 Å². The molecule has 78 valence electrons. The van der Waals surface area contributed by atoms with Crippen LogP contribution in [0.4, 0.5) is 0 Å². The fourth-order valence-corrected chi connectivity index (χ4v) is 2.20. The smallest absolute Gasteiger partial charge is 0.0477 e. The summed E-state index contributed by atoms with van der Waals surface area (Å²) in [6.45, 7) is 8.13. The molecule has 1 saturated heterocycles. The summed E-state index contributed by atoms with van der Waals surface area (Å²) in [5, 5.41) is 0. The molecule has 2 atom stereocenters. The molecule has 1 unspecified atom stereocenters. The van der Waals surface area contributed by atoms with Gasteiger partial charge < -0.3 is 9.64 Å². The molecule has 0 radical (unpaired) electrons. The summed E-state index contributed by atoms with van der Waals surface area (Å²) in [5.74, 6) is 0.900. The Morgan fingerprint density at radius 1 is 1.54 bits per heavy atom. The molecule has 2 heteroatoms. The zero-order valence-corrected chi connectivity index (χ0v) is 9.25. The Bertz CT molecular complexity index is 138. The minimum Gasteiger partial charge on any atom is -0.385 e. The van der Waals surface area contributed by atoms with Crippen LogP contribution in [0.15, 0.2) is 0 Å². The van der Waals surface area contributed by atoms with E-state index in [9.17, 15) is 0 Å². The molecule has 1 heterocycles. The molecular formula is C11H23NO. The minimum absolute atomic E-state index is 0.755. The summed E-state index contributed by atoms with van der Waals surface area (Å²) in [4.78, 5) is 2.63. The first kappa shape index (κ1) is 11.0. The lowest BCUT2D eigenvalue weighted by molar-refractivity contribution is 0.141. The summed E-state index contributed by atoms with van der Waals surface area (Å²) in [7, 11) is 1.79. The number of likely N-dealkylation sites (tertiary alicyclic amines) is 1. The fraction of sp³-hybridized carbons (Fsp3) is 1.00. The van der Waals surface area contributed by atoms with Gasteiger partial charge in [0.2, 0.25) is 0 Å². The van der Waals surface area contributed by atoms with Gasteiger partial charge in [-0.3, -0.25) is 0 Å². The standard InChI is InChI=1S/C11H23NO/c1-4-11(6-8-13-3)12-7-5-10(2)9-12/h10-11H,4-9H2,1-3H3/t10-,11?/m1/s1. The van der Waals surface area contributed by atoms with E-state index in [4.69, 9.17) is 4.74 Å². The second kappa shape index (κ2) is 5.61. The van der Waals surface area contributed by atoms with Gasteiger partial charge >= 0.3 is 0 Å². The quantitative estimate of drug-likeness (QED) is 0.650. The van der Waals surface area contributed by atoms with Crippen molar-refractivity contribution in [2.45, 2.75) is 39.2 Å². The van der Waals surface area contributed by atoms with Crippen molar-refractivity contribution >= 4 is 0 Å². The van der Waals surface area contributed by atoms with Crippen LogP contribution < -0.4 is 0 Å². The zero-order chi connectivity index (χ0) is 9.68. The minimum atomic E-state index is 0.755. The highest BCUT2D eigenvalue weighted by molar-refractivity contribution is 4.78. The van der Waals surface area contributed by atoms with Crippen LogP contribution in [0.5, 0.6) is 0 Å². The average Bonchev–Trinajstić information content (AvgIpc) is 2.54. The van der Waals surface area contributed by atoms with Crippen LogP contribution in [0.25, 0.3) is 0 Å². The van der Waals surface area contributed by atoms with Gasteiger partial charge in [-0.25, -0.2) is 0 Å². The van der Waals surface area contributed by atoms with Crippen molar-refractivity contribution in [1.82, 2.24) is 4.90 Å². The van der Waals surface area contributed by atoms with Crippen molar-refractivity contribution in [2.24, 2.45) is 5.92 Å². The van der Waals surface area contributed by atoms with E-state index in [0.29, 0.717) is 0 Å². The number of ether oxygens (including phenoxy) is 1. The number of rotatable bonds is 5. The van der Waals surface area contributed by atoms with Crippen molar-refractivity contribution in [1.29, 1.82) is 0 Å². The second-order valence-electron chi connectivity index (χ2n) is 4.23. The normalized spacial score (nSPS) is 26.5. The van der Waals surface area contributed by atoms with Crippen LogP contribution >= 0.6 is 0 Å². The van der Waals surface area contributed by atoms with E-state index in [1.807, 2.05) is 0 Å². The van der Waals surface area contributed by atoms with Gasteiger partial charge in [0.05, 0.1) is 0 Å². The van der Waals surface area contributed by atoms with E-state index < -0.39 is 0 Å². The van der Waals surface area contributed by atoms with Crippen LogP contribution in [0, 0.1) is 5.92 Å². The highest BCUT2D eigenvalue weighted by Crippen LogP contribution is 2.20. The maximum atomic E-state index is 5.13. The van der Waals surface area contributed by atoms with Crippen molar-refractivity contribution < 1.29 is 4.74 Å². The van der Waals surface area contributed by atoms with Crippen molar-refractivity contribution in [3.8, 4) is 0 Å². The molecule has 0 N–H and O–H groups in total. The van der Waals surface area contributed by atoms with Crippen LogP contribution in [0.3, 0.4) is 0 Å². The molecule has 1 rings (SSSR count). The van der Waals surface area contributed by atoms with Gasteiger partial charge in [-0.15, -0.1) is 0 Å². The molecule has 0 aromatic carbocycles. The number of hydrogen-bond donors (Lipinski definition) is 0. The lowest BCUT2D eigenvalue weighted by atomic mass is 10.1. The summed E-state index contributed by atoms with van der Waals surface area (Å²) in [6.07, 6.45) is 3.83. The Kier molecular flexibility index (Phi) is 4.74. The highest BCUT2D eigenvalue weighted by Gasteiger charge is 2.24.